The van der Waals surface area contributed by atoms with E-state index in [0.29, 0.717) is 28.5 Å². The Bertz CT molecular complexity index is 565. The first kappa shape index (κ1) is 13.5. The first-order valence-corrected chi connectivity index (χ1v) is 6.87. The van der Waals surface area contributed by atoms with Gasteiger partial charge in [-0.15, -0.1) is 11.3 Å². The molecule has 0 radical (unpaired) electrons. The van der Waals surface area contributed by atoms with Gasteiger partial charge in [0.25, 0.3) is 0 Å². The van der Waals surface area contributed by atoms with Crippen LogP contribution in [0.4, 0.5) is 0 Å². The zero-order valence-corrected chi connectivity index (χ0v) is 11.7. The van der Waals surface area contributed by atoms with E-state index in [0.717, 1.165) is 6.42 Å². The average Bonchev–Trinajstić information content (AvgIpc) is 2.93. The Balaban J connectivity index is 2.18. The molecule has 0 bridgehead atoms. The smallest absolute Gasteiger partial charge is 0.204 e. The van der Waals surface area contributed by atoms with Crippen LogP contribution >= 0.6 is 11.3 Å². The molecule has 0 N–H and O–H groups in total. The second-order valence-corrected chi connectivity index (χ2v) is 4.85. The highest BCUT2D eigenvalue weighted by Gasteiger charge is 2.13. The van der Waals surface area contributed by atoms with Crippen LogP contribution in [-0.2, 0) is 0 Å². The number of thiophene rings is 1. The van der Waals surface area contributed by atoms with Gasteiger partial charge in [-0.25, -0.2) is 0 Å². The van der Waals surface area contributed by atoms with Crippen molar-refractivity contribution in [3.05, 3.63) is 40.3 Å². The fourth-order valence-corrected chi connectivity index (χ4v) is 2.35. The number of carbonyl (C=O) groups is 1. The van der Waals surface area contributed by atoms with Gasteiger partial charge in [0.05, 0.1) is 24.8 Å². The lowest BCUT2D eigenvalue weighted by atomic mass is 10.1. The van der Waals surface area contributed by atoms with Gasteiger partial charge in [0.1, 0.15) is 11.5 Å². The molecule has 0 spiro atoms. The maximum atomic E-state index is 12.3. The summed E-state index contributed by atoms with van der Waals surface area (Å²) in [5.74, 6) is 1.25. The number of carbonyl (C=O) groups excluding carboxylic acids is 1. The summed E-state index contributed by atoms with van der Waals surface area (Å²) in [6.45, 7) is 2.65. The Morgan fingerprint density at radius 2 is 2.16 bits per heavy atom. The molecule has 0 amide bonds. The number of aromatic nitrogens is 1. The van der Waals surface area contributed by atoms with Crippen molar-refractivity contribution in [3.8, 4) is 11.5 Å². The second-order valence-electron chi connectivity index (χ2n) is 3.94. The van der Waals surface area contributed by atoms with E-state index in [9.17, 15) is 4.79 Å². The number of ketones is 1. The molecule has 2 aromatic rings. The molecule has 4 nitrogen and oxygen atoms in total. The van der Waals surface area contributed by atoms with Gasteiger partial charge < -0.3 is 9.47 Å². The lowest BCUT2D eigenvalue weighted by Gasteiger charge is -2.05. The van der Waals surface area contributed by atoms with E-state index in [1.165, 1.54) is 11.3 Å². The molecule has 0 unspecified atom stereocenters. The average molecular weight is 277 g/mol. The monoisotopic (exact) mass is 277 g/mol. The first-order valence-electron chi connectivity index (χ1n) is 5.99. The highest BCUT2D eigenvalue weighted by Crippen LogP contribution is 2.24. The van der Waals surface area contributed by atoms with Crippen molar-refractivity contribution in [1.82, 2.24) is 4.98 Å². The number of hydrogen-bond acceptors (Lipinski definition) is 5. The van der Waals surface area contributed by atoms with Gasteiger partial charge in [-0.2, -0.15) is 0 Å². The van der Waals surface area contributed by atoms with E-state index in [2.05, 4.69) is 4.98 Å². The van der Waals surface area contributed by atoms with Gasteiger partial charge in [0.15, 0.2) is 0 Å². The summed E-state index contributed by atoms with van der Waals surface area (Å²) in [6, 6.07) is 3.45. The molecule has 2 heterocycles. The summed E-state index contributed by atoms with van der Waals surface area (Å²) >= 11 is 1.36. The fraction of sp³-hybridized carbons (Fsp3) is 0.286. The van der Waals surface area contributed by atoms with Gasteiger partial charge in [-0.3, -0.25) is 9.78 Å². The lowest BCUT2D eigenvalue weighted by molar-refractivity contribution is 0.104. The van der Waals surface area contributed by atoms with Crippen molar-refractivity contribution in [3.63, 3.8) is 0 Å². The largest absolute Gasteiger partial charge is 0.496 e. The van der Waals surface area contributed by atoms with Gasteiger partial charge in [0, 0.05) is 23.2 Å². The van der Waals surface area contributed by atoms with Crippen LogP contribution in [0, 0.1) is 0 Å². The molecular weight excluding hydrogens is 262 g/mol. The van der Waals surface area contributed by atoms with Crippen molar-refractivity contribution in [2.75, 3.05) is 13.7 Å². The Kier molecular flexibility index (Phi) is 4.52. The summed E-state index contributed by atoms with van der Waals surface area (Å²) in [6.07, 6.45) is 4.08. The van der Waals surface area contributed by atoms with Gasteiger partial charge >= 0.3 is 0 Å². The zero-order chi connectivity index (χ0) is 13.7. The van der Waals surface area contributed by atoms with E-state index in [1.807, 2.05) is 6.92 Å². The predicted octanol–water partition coefficient (Wildman–Crippen LogP) is 3.17. The highest BCUT2D eigenvalue weighted by atomic mass is 32.1. The van der Waals surface area contributed by atoms with Crippen molar-refractivity contribution in [2.24, 2.45) is 0 Å². The molecule has 0 aliphatic rings. The third-order valence-electron chi connectivity index (χ3n) is 2.48. The Morgan fingerprint density at radius 3 is 2.84 bits per heavy atom. The van der Waals surface area contributed by atoms with Crippen LogP contribution < -0.4 is 9.47 Å². The summed E-state index contributed by atoms with van der Waals surface area (Å²) in [5, 5.41) is 1.80. The van der Waals surface area contributed by atoms with E-state index in [4.69, 9.17) is 9.47 Å². The lowest BCUT2D eigenvalue weighted by Crippen LogP contribution is -2.02. The number of methoxy groups -OCH3 is 1. The minimum atomic E-state index is -0.0669. The molecule has 0 saturated carbocycles. The van der Waals surface area contributed by atoms with Crippen molar-refractivity contribution >= 4 is 17.1 Å². The number of nitrogens with zero attached hydrogens (tertiary/aromatic N) is 1. The molecule has 2 rings (SSSR count). The Hall–Kier alpha value is -1.88. The van der Waals surface area contributed by atoms with E-state index >= 15 is 0 Å². The SMILES string of the molecule is CCCOc1cncc(C(=O)c2cc(OC)cs2)c1. The quantitative estimate of drug-likeness (QED) is 0.761. The minimum Gasteiger partial charge on any atom is -0.496 e. The Morgan fingerprint density at radius 1 is 1.32 bits per heavy atom. The molecule has 100 valence electrons. The molecule has 0 aliphatic heterocycles. The number of pyridine rings is 1. The zero-order valence-electron chi connectivity index (χ0n) is 10.9. The highest BCUT2D eigenvalue weighted by molar-refractivity contribution is 7.12. The molecule has 19 heavy (non-hydrogen) atoms. The topological polar surface area (TPSA) is 48.4 Å². The standard InChI is InChI=1S/C14H15NO3S/c1-3-4-18-11-5-10(7-15-8-11)14(16)13-6-12(17-2)9-19-13/h5-9H,3-4H2,1-2H3. The Labute approximate surface area is 116 Å². The van der Waals surface area contributed by atoms with Crippen molar-refractivity contribution < 1.29 is 14.3 Å². The first-order chi connectivity index (χ1) is 9.24. The van der Waals surface area contributed by atoms with Crippen LogP contribution in [0.1, 0.15) is 28.6 Å². The summed E-state index contributed by atoms with van der Waals surface area (Å²) < 4.78 is 10.5. The normalized spacial score (nSPS) is 10.2. The van der Waals surface area contributed by atoms with Crippen LogP contribution in [0.25, 0.3) is 0 Å². The molecule has 0 atom stereocenters. The second kappa shape index (κ2) is 6.33. The van der Waals surface area contributed by atoms with Crippen LogP contribution in [0.3, 0.4) is 0 Å². The minimum absolute atomic E-state index is 0.0669. The van der Waals surface area contributed by atoms with E-state index in [-0.39, 0.29) is 5.78 Å². The number of rotatable bonds is 6. The summed E-state index contributed by atoms with van der Waals surface area (Å²) in [4.78, 5) is 16.9. The number of hydrogen-bond donors (Lipinski definition) is 0. The van der Waals surface area contributed by atoms with Gasteiger partial charge in [-0.05, 0) is 12.5 Å². The van der Waals surface area contributed by atoms with Crippen molar-refractivity contribution in [1.29, 1.82) is 0 Å². The van der Waals surface area contributed by atoms with Gasteiger partial charge in [0.2, 0.25) is 5.78 Å². The summed E-state index contributed by atoms with van der Waals surface area (Å²) in [5.41, 5.74) is 0.526. The maximum Gasteiger partial charge on any atom is 0.204 e. The molecule has 0 fully saturated rings. The molecule has 0 saturated heterocycles. The maximum absolute atomic E-state index is 12.3. The predicted molar refractivity (Wildman–Crippen MR) is 74.3 cm³/mol. The molecule has 5 heteroatoms. The van der Waals surface area contributed by atoms with E-state index in [1.54, 1.807) is 37.0 Å². The molecular formula is C14H15NO3S. The third-order valence-corrected chi connectivity index (χ3v) is 3.39. The van der Waals surface area contributed by atoms with Crippen LogP contribution in [0.2, 0.25) is 0 Å². The van der Waals surface area contributed by atoms with Crippen LogP contribution in [0.15, 0.2) is 29.9 Å². The van der Waals surface area contributed by atoms with E-state index < -0.39 is 0 Å². The van der Waals surface area contributed by atoms with Gasteiger partial charge in [-0.1, -0.05) is 6.92 Å². The van der Waals surface area contributed by atoms with Crippen molar-refractivity contribution in [2.45, 2.75) is 13.3 Å². The van der Waals surface area contributed by atoms with Crippen LogP contribution in [-0.4, -0.2) is 24.5 Å². The number of ether oxygens (including phenoxy) is 2. The fourth-order valence-electron chi connectivity index (χ4n) is 1.53. The molecule has 0 aromatic carbocycles. The summed E-state index contributed by atoms with van der Waals surface area (Å²) in [7, 11) is 1.58. The van der Waals surface area contributed by atoms with Crippen LogP contribution in [0.5, 0.6) is 11.5 Å². The molecule has 2 aromatic heterocycles. The third kappa shape index (κ3) is 3.32. The molecule has 0 aliphatic carbocycles.